The van der Waals surface area contributed by atoms with E-state index in [0.717, 1.165) is 0 Å². The normalized spacial score (nSPS) is 15.8. The van der Waals surface area contributed by atoms with Crippen LogP contribution in [0.1, 0.15) is 0 Å². The Morgan fingerprint density at radius 3 is 0.917 bits per heavy atom. The Morgan fingerprint density at radius 2 is 0.833 bits per heavy atom. The van der Waals surface area contributed by atoms with Crippen molar-refractivity contribution in [2.45, 2.75) is 12.4 Å². The molecule has 0 saturated carbocycles. The van der Waals surface area contributed by atoms with Crippen molar-refractivity contribution in [1.82, 2.24) is 0 Å². The first-order valence-corrected chi connectivity index (χ1v) is 4.01. The van der Waals surface area contributed by atoms with Gasteiger partial charge >= 0.3 is 79.7 Å². The molecule has 0 heterocycles. The van der Waals surface area contributed by atoms with E-state index in [-0.39, 0.29) is 0 Å². The fourth-order valence-electron chi connectivity index (χ4n) is 0.257. The van der Waals surface area contributed by atoms with Crippen molar-refractivity contribution in [3.8, 4) is 0 Å². The van der Waals surface area contributed by atoms with E-state index >= 15 is 0 Å². The van der Waals surface area contributed by atoms with Crippen LogP contribution in [0.15, 0.2) is 8.94 Å². The molecule has 12 heavy (non-hydrogen) atoms. The molecular weight excluding hydrogens is 320 g/mol. The van der Waals surface area contributed by atoms with Crippen LogP contribution in [0, 0.1) is 0 Å². The van der Waals surface area contributed by atoms with Crippen LogP contribution in [0.3, 0.4) is 0 Å². The Morgan fingerprint density at radius 1 is 0.667 bits per heavy atom. The van der Waals surface area contributed by atoms with E-state index in [1.807, 2.05) is 0 Å². The molecule has 0 amide bonds. The zero-order valence-electron chi connectivity index (χ0n) is 5.08. The summed E-state index contributed by atoms with van der Waals surface area (Å²) in [6.45, 7) is 0. The fraction of sp³-hybridized carbons (Fsp3) is 0.500. The third kappa shape index (κ3) is 3.39. The van der Waals surface area contributed by atoms with Crippen LogP contribution in [-0.4, -0.2) is 44.4 Å². The van der Waals surface area contributed by atoms with E-state index in [1.54, 1.807) is 0 Å². The molecule has 0 N–H and O–H groups in total. The molecule has 0 rings (SSSR count). The van der Waals surface area contributed by atoms with E-state index in [1.165, 1.54) is 32.0 Å². The van der Waals surface area contributed by atoms with Crippen LogP contribution in [0.4, 0.5) is 26.3 Å². The summed E-state index contributed by atoms with van der Waals surface area (Å²) in [6, 6.07) is 0. The molecule has 0 saturated heterocycles. The number of hydrogen-bond acceptors (Lipinski definition) is 0. The maximum atomic E-state index is 11.6. The van der Waals surface area contributed by atoms with Gasteiger partial charge in [0.2, 0.25) is 0 Å². The topological polar surface area (TPSA) is 0 Å². The summed E-state index contributed by atoms with van der Waals surface area (Å²) in [5.74, 6) is 0. The average Bonchev–Trinajstić information content (AvgIpc) is 1.80. The molecule has 0 spiro atoms. The first kappa shape index (κ1) is 12.4. The Balaban J connectivity index is 4.96. The summed E-state index contributed by atoms with van der Waals surface area (Å²) < 4.78 is 66.2. The van der Waals surface area contributed by atoms with Crippen LogP contribution < -0.4 is 0 Å². The van der Waals surface area contributed by atoms with Crippen molar-refractivity contribution in [2.75, 3.05) is 0 Å². The summed E-state index contributed by atoms with van der Waals surface area (Å²) in [4.78, 5) is 0. The Hall–Kier alpha value is 0.359. The van der Waals surface area contributed by atoms with Gasteiger partial charge in [-0.15, -0.1) is 0 Å². The third-order valence-corrected chi connectivity index (χ3v) is 3.20. The summed E-state index contributed by atoms with van der Waals surface area (Å²) in [7, 11) is 0. The molecule has 0 bridgehead atoms. The Bertz CT molecular complexity index is 177. The molecule has 0 fully saturated rings. The van der Waals surface area contributed by atoms with Crippen LogP contribution in [0.2, 0.25) is 0 Å². The summed E-state index contributed by atoms with van der Waals surface area (Å²) in [5, 5.41) is 0. The molecule has 0 nitrogen and oxygen atoms in total. The zero-order chi connectivity index (χ0) is 10.2. The van der Waals surface area contributed by atoms with E-state index in [4.69, 9.17) is 0 Å². The molecule has 0 aromatic heterocycles. The van der Waals surface area contributed by atoms with Crippen molar-refractivity contribution >= 4 is 32.0 Å². The maximum absolute atomic E-state index is 11.6. The Kier molecular flexibility index (Phi) is 3.72. The van der Waals surface area contributed by atoms with Gasteiger partial charge in [-0.3, -0.25) is 0 Å². The van der Waals surface area contributed by atoms with E-state index in [0.29, 0.717) is 0 Å². The third-order valence-electron chi connectivity index (χ3n) is 0.721. The first-order chi connectivity index (χ1) is 5.07. The van der Waals surface area contributed by atoms with Crippen LogP contribution in [0.25, 0.3) is 0 Å². The van der Waals surface area contributed by atoms with Gasteiger partial charge in [0.25, 0.3) is 0 Å². The first-order valence-electron chi connectivity index (χ1n) is 2.29. The molecule has 0 aliphatic carbocycles. The molecule has 0 unspecified atom stereocenters. The summed E-state index contributed by atoms with van der Waals surface area (Å²) in [5.41, 5.74) is 0. The molecule has 0 aromatic carbocycles. The van der Waals surface area contributed by atoms with E-state index in [9.17, 15) is 26.3 Å². The predicted molar refractivity (Wildman–Crippen MR) is 30.6 cm³/mol. The van der Waals surface area contributed by atoms with Gasteiger partial charge in [0.05, 0.1) is 0 Å². The van der Waals surface area contributed by atoms with Crippen LogP contribution >= 0.6 is 0 Å². The van der Waals surface area contributed by atoms with E-state index < -0.39 is 21.3 Å². The van der Waals surface area contributed by atoms with Gasteiger partial charge in [-0.2, -0.15) is 0 Å². The van der Waals surface area contributed by atoms with Crippen molar-refractivity contribution in [3.05, 3.63) is 8.94 Å². The van der Waals surface area contributed by atoms with Gasteiger partial charge in [-0.05, 0) is 0 Å². The van der Waals surface area contributed by atoms with Gasteiger partial charge in [0, 0.05) is 0 Å². The second kappa shape index (κ2) is 3.62. The number of halogens is 6. The molecular formula is C4F6Se2. The van der Waals surface area contributed by atoms with Gasteiger partial charge in [-0.1, -0.05) is 0 Å². The fourth-order valence-corrected chi connectivity index (χ4v) is 0.743. The van der Waals surface area contributed by atoms with Crippen LogP contribution in [0.5, 0.6) is 0 Å². The SMILES string of the molecule is FC(F)(F)/C([Se])=C(/[Se])C(F)(F)F. The molecule has 2 radical (unpaired) electrons. The zero-order valence-corrected chi connectivity index (χ0v) is 8.51. The number of allylic oxidation sites excluding steroid dienone is 2. The summed E-state index contributed by atoms with van der Waals surface area (Å²) >= 11 is 2.65. The van der Waals surface area contributed by atoms with Crippen molar-refractivity contribution in [1.29, 1.82) is 0 Å². The van der Waals surface area contributed by atoms with Gasteiger partial charge in [0.1, 0.15) is 0 Å². The molecule has 8 heteroatoms. The van der Waals surface area contributed by atoms with Gasteiger partial charge in [-0.25, -0.2) is 0 Å². The molecule has 0 aromatic rings. The molecule has 0 aliphatic heterocycles. The minimum atomic E-state index is -4.99. The van der Waals surface area contributed by atoms with Crippen LogP contribution in [-0.2, 0) is 0 Å². The Labute approximate surface area is 80.0 Å². The average molecular weight is 320 g/mol. The molecule has 70 valence electrons. The second-order valence-electron chi connectivity index (χ2n) is 1.65. The molecule has 0 atom stereocenters. The second-order valence-corrected chi connectivity index (χ2v) is 3.37. The number of alkyl halides is 6. The van der Waals surface area contributed by atoms with Crippen molar-refractivity contribution in [3.63, 3.8) is 0 Å². The predicted octanol–water partition coefficient (Wildman–Crippen LogP) is 1.66. The van der Waals surface area contributed by atoms with Gasteiger partial charge < -0.3 is 0 Å². The standard InChI is InChI=1S/C4F6Se2/c5-3(6,7)1(11)2(12)4(8,9)10/b2-1-. The molecule has 0 aliphatic rings. The quantitative estimate of drug-likeness (QED) is 0.470. The monoisotopic (exact) mass is 322 g/mol. The van der Waals surface area contributed by atoms with Crippen molar-refractivity contribution in [2.24, 2.45) is 0 Å². The minimum absolute atomic E-state index is 1.33. The number of hydrogen-bond donors (Lipinski definition) is 0. The van der Waals surface area contributed by atoms with Crippen molar-refractivity contribution < 1.29 is 26.3 Å². The van der Waals surface area contributed by atoms with E-state index in [2.05, 4.69) is 0 Å². The summed E-state index contributed by atoms with van der Waals surface area (Å²) in [6.07, 6.45) is -9.98. The van der Waals surface area contributed by atoms with Gasteiger partial charge in [0.15, 0.2) is 0 Å². The number of rotatable bonds is 0.